The molecule has 2 rings (SSSR count). The van der Waals surface area contributed by atoms with Crippen molar-refractivity contribution in [2.45, 2.75) is 26.8 Å². The van der Waals surface area contributed by atoms with Crippen molar-refractivity contribution >= 4 is 21.6 Å². The standard InChI is InChI=1S/C21H28N2O5S/c1-15-9-10-16(2)20(13-15)23(29(5,25)26)17(3)21(24)22-11-12-28-19-8-6-7-18(14-19)27-4/h6-10,13-14,17H,11-12H2,1-5H3,(H,22,24)/t17-/m1/s1. The highest BCUT2D eigenvalue weighted by Crippen LogP contribution is 2.26. The highest BCUT2D eigenvalue weighted by molar-refractivity contribution is 7.92. The van der Waals surface area contributed by atoms with E-state index in [1.165, 1.54) is 0 Å². The lowest BCUT2D eigenvalue weighted by molar-refractivity contribution is -0.121. The number of carbonyl (C=O) groups is 1. The Labute approximate surface area is 172 Å². The van der Waals surface area contributed by atoms with Crippen molar-refractivity contribution in [2.24, 2.45) is 0 Å². The van der Waals surface area contributed by atoms with Crippen LogP contribution in [0.15, 0.2) is 42.5 Å². The van der Waals surface area contributed by atoms with Gasteiger partial charge in [-0.1, -0.05) is 18.2 Å². The Bertz CT molecular complexity index is 959. The fraction of sp³-hybridized carbons (Fsp3) is 0.381. The number of nitrogens with one attached hydrogen (secondary N) is 1. The number of hydrogen-bond acceptors (Lipinski definition) is 5. The van der Waals surface area contributed by atoms with E-state index in [9.17, 15) is 13.2 Å². The van der Waals surface area contributed by atoms with Crippen LogP contribution in [-0.2, 0) is 14.8 Å². The van der Waals surface area contributed by atoms with E-state index < -0.39 is 22.0 Å². The molecule has 2 aromatic rings. The summed E-state index contributed by atoms with van der Waals surface area (Å²) in [6.07, 6.45) is 1.10. The SMILES string of the molecule is COc1cccc(OCCNC(=O)[C@@H](C)N(c2cc(C)ccc2C)S(C)(=O)=O)c1. The van der Waals surface area contributed by atoms with Gasteiger partial charge in [0, 0.05) is 6.07 Å². The summed E-state index contributed by atoms with van der Waals surface area (Å²) in [5.41, 5.74) is 2.20. The lowest BCUT2D eigenvalue weighted by Crippen LogP contribution is -2.48. The maximum atomic E-state index is 12.6. The van der Waals surface area contributed by atoms with Crippen LogP contribution < -0.4 is 19.1 Å². The molecule has 0 bridgehead atoms. The number of sulfonamides is 1. The van der Waals surface area contributed by atoms with Crippen molar-refractivity contribution < 1.29 is 22.7 Å². The number of hydrogen-bond donors (Lipinski definition) is 1. The first kappa shape index (κ1) is 22.5. The van der Waals surface area contributed by atoms with Crippen molar-refractivity contribution in [3.8, 4) is 11.5 Å². The van der Waals surface area contributed by atoms with Gasteiger partial charge in [-0.25, -0.2) is 8.42 Å². The summed E-state index contributed by atoms with van der Waals surface area (Å²) in [6, 6.07) is 11.8. The molecule has 0 aromatic heterocycles. The molecule has 1 atom stereocenters. The Hall–Kier alpha value is -2.74. The maximum Gasteiger partial charge on any atom is 0.243 e. The number of aryl methyl sites for hydroxylation is 2. The molecule has 7 nitrogen and oxygen atoms in total. The van der Waals surface area contributed by atoms with Gasteiger partial charge >= 0.3 is 0 Å². The lowest BCUT2D eigenvalue weighted by atomic mass is 10.1. The molecule has 0 spiro atoms. The molecular weight excluding hydrogens is 392 g/mol. The van der Waals surface area contributed by atoms with Crippen molar-refractivity contribution in [1.29, 1.82) is 0 Å². The largest absolute Gasteiger partial charge is 0.497 e. The van der Waals surface area contributed by atoms with Gasteiger partial charge in [0.25, 0.3) is 0 Å². The van der Waals surface area contributed by atoms with Crippen LogP contribution in [0.2, 0.25) is 0 Å². The van der Waals surface area contributed by atoms with Crippen molar-refractivity contribution in [1.82, 2.24) is 5.32 Å². The zero-order valence-corrected chi connectivity index (χ0v) is 18.2. The van der Waals surface area contributed by atoms with Crippen LogP contribution >= 0.6 is 0 Å². The van der Waals surface area contributed by atoms with Crippen LogP contribution in [-0.4, -0.2) is 46.9 Å². The van der Waals surface area contributed by atoms with E-state index in [1.54, 1.807) is 32.2 Å². The predicted octanol–water partition coefficient (Wildman–Crippen LogP) is 2.66. The molecule has 0 aliphatic heterocycles. The van der Waals surface area contributed by atoms with Gasteiger partial charge in [-0.05, 0) is 50.1 Å². The molecule has 0 radical (unpaired) electrons. The van der Waals surface area contributed by atoms with Gasteiger partial charge in [0.05, 0.1) is 25.6 Å². The quantitative estimate of drug-likeness (QED) is 0.631. The summed E-state index contributed by atoms with van der Waals surface area (Å²) in [4.78, 5) is 12.6. The molecular formula is C21H28N2O5S. The summed E-state index contributed by atoms with van der Waals surface area (Å²) in [5, 5.41) is 2.74. The molecule has 8 heteroatoms. The van der Waals surface area contributed by atoms with Crippen molar-refractivity contribution in [3.63, 3.8) is 0 Å². The van der Waals surface area contributed by atoms with Crippen LogP contribution in [0, 0.1) is 13.8 Å². The Balaban J connectivity index is 2.03. The van der Waals surface area contributed by atoms with Gasteiger partial charge in [-0.3, -0.25) is 9.10 Å². The number of amides is 1. The number of rotatable bonds is 9. The predicted molar refractivity (Wildman–Crippen MR) is 114 cm³/mol. The van der Waals surface area contributed by atoms with Crippen LogP contribution in [0.4, 0.5) is 5.69 Å². The van der Waals surface area contributed by atoms with E-state index >= 15 is 0 Å². The molecule has 29 heavy (non-hydrogen) atoms. The minimum atomic E-state index is -3.66. The van der Waals surface area contributed by atoms with E-state index in [1.807, 2.05) is 38.1 Å². The summed E-state index contributed by atoms with van der Waals surface area (Å²) in [7, 11) is -2.08. The molecule has 1 N–H and O–H groups in total. The number of benzene rings is 2. The first-order valence-electron chi connectivity index (χ1n) is 9.24. The highest BCUT2D eigenvalue weighted by Gasteiger charge is 2.30. The van der Waals surface area contributed by atoms with E-state index in [0.29, 0.717) is 17.2 Å². The van der Waals surface area contributed by atoms with Gasteiger partial charge in [-0.2, -0.15) is 0 Å². The van der Waals surface area contributed by atoms with Gasteiger partial charge in [0.15, 0.2) is 0 Å². The Kier molecular flexibility index (Phi) is 7.50. The van der Waals surface area contributed by atoms with Crippen molar-refractivity contribution in [3.05, 3.63) is 53.6 Å². The smallest absolute Gasteiger partial charge is 0.243 e. The molecule has 0 saturated carbocycles. The molecule has 0 aliphatic rings. The molecule has 158 valence electrons. The van der Waals surface area contributed by atoms with Crippen LogP contribution in [0.3, 0.4) is 0 Å². The highest BCUT2D eigenvalue weighted by atomic mass is 32.2. The number of methoxy groups -OCH3 is 1. The first-order chi connectivity index (χ1) is 13.6. The molecule has 0 saturated heterocycles. The Morgan fingerprint density at radius 3 is 2.48 bits per heavy atom. The Morgan fingerprint density at radius 1 is 1.14 bits per heavy atom. The first-order valence-corrected chi connectivity index (χ1v) is 11.1. The summed E-state index contributed by atoms with van der Waals surface area (Å²) in [5.74, 6) is 0.905. The third kappa shape index (κ3) is 6.12. The van der Waals surface area contributed by atoms with Crippen LogP contribution in [0.25, 0.3) is 0 Å². The van der Waals surface area contributed by atoms with Gasteiger partial charge in [-0.15, -0.1) is 0 Å². The average molecular weight is 421 g/mol. The second kappa shape index (κ2) is 9.65. The normalized spacial score (nSPS) is 12.2. The minimum Gasteiger partial charge on any atom is -0.497 e. The Morgan fingerprint density at radius 2 is 1.83 bits per heavy atom. The maximum absolute atomic E-state index is 12.6. The van der Waals surface area contributed by atoms with Gasteiger partial charge in [0.1, 0.15) is 24.1 Å². The fourth-order valence-electron chi connectivity index (χ4n) is 2.92. The number of nitrogens with zero attached hydrogens (tertiary/aromatic N) is 1. The second-order valence-corrected chi connectivity index (χ2v) is 8.70. The summed E-state index contributed by atoms with van der Waals surface area (Å²) >= 11 is 0. The van der Waals surface area contributed by atoms with Gasteiger partial charge in [0.2, 0.25) is 15.9 Å². The third-order valence-corrected chi connectivity index (χ3v) is 5.63. The second-order valence-electron chi connectivity index (χ2n) is 6.84. The van der Waals surface area contributed by atoms with E-state index in [0.717, 1.165) is 21.7 Å². The average Bonchev–Trinajstić information content (AvgIpc) is 2.67. The molecule has 1 amide bonds. The van der Waals surface area contributed by atoms with E-state index in [2.05, 4.69) is 5.32 Å². The monoisotopic (exact) mass is 420 g/mol. The summed E-state index contributed by atoms with van der Waals surface area (Å²) < 4.78 is 36.7. The molecule has 0 fully saturated rings. The third-order valence-electron chi connectivity index (χ3n) is 4.40. The fourth-order valence-corrected chi connectivity index (χ4v) is 4.14. The minimum absolute atomic E-state index is 0.241. The zero-order valence-electron chi connectivity index (χ0n) is 17.4. The van der Waals surface area contributed by atoms with E-state index in [4.69, 9.17) is 9.47 Å². The van der Waals surface area contributed by atoms with Gasteiger partial charge < -0.3 is 14.8 Å². The topological polar surface area (TPSA) is 84.9 Å². The summed E-state index contributed by atoms with van der Waals surface area (Å²) in [6.45, 7) is 5.75. The molecule has 0 aliphatic carbocycles. The zero-order chi connectivity index (χ0) is 21.6. The number of ether oxygens (including phenoxy) is 2. The number of anilines is 1. The molecule has 0 heterocycles. The van der Waals surface area contributed by atoms with Crippen LogP contribution in [0.1, 0.15) is 18.1 Å². The molecule has 0 unspecified atom stereocenters. The number of carbonyl (C=O) groups excluding carboxylic acids is 1. The van der Waals surface area contributed by atoms with E-state index in [-0.39, 0.29) is 13.2 Å². The van der Waals surface area contributed by atoms with Crippen molar-refractivity contribution in [2.75, 3.05) is 30.8 Å². The molecule has 2 aromatic carbocycles. The van der Waals surface area contributed by atoms with Crippen LogP contribution in [0.5, 0.6) is 11.5 Å². The lowest BCUT2D eigenvalue weighted by Gasteiger charge is -2.29.